The molecule has 1 aliphatic heterocycles. The summed E-state index contributed by atoms with van der Waals surface area (Å²) in [5.41, 5.74) is 0.132. The second kappa shape index (κ2) is 7.65. The predicted octanol–water partition coefficient (Wildman–Crippen LogP) is 3.03. The molecule has 0 bridgehead atoms. The number of carbonyl (C=O) groups is 2. The molecule has 1 fully saturated rings. The van der Waals surface area contributed by atoms with Gasteiger partial charge in [0.25, 0.3) is 11.6 Å². The Labute approximate surface area is 144 Å². The van der Waals surface area contributed by atoms with E-state index >= 15 is 0 Å². The fourth-order valence-electron chi connectivity index (χ4n) is 2.69. The van der Waals surface area contributed by atoms with Crippen molar-refractivity contribution in [2.45, 2.75) is 36.8 Å². The Bertz CT molecular complexity index is 662. The lowest BCUT2D eigenvalue weighted by Crippen LogP contribution is -2.42. The van der Waals surface area contributed by atoms with Crippen LogP contribution >= 0.6 is 11.8 Å². The highest BCUT2D eigenvalue weighted by Gasteiger charge is 2.30. The Morgan fingerprint density at radius 3 is 2.71 bits per heavy atom. The molecule has 1 atom stereocenters. The zero-order chi connectivity index (χ0) is 17.9. The molecule has 0 saturated carbocycles. The van der Waals surface area contributed by atoms with Crippen molar-refractivity contribution in [3.63, 3.8) is 0 Å². The van der Waals surface area contributed by atoms with E-state index < -0.39 is 16.8 Å². The zero-order valence-corrected chi connectivity index (χ0v) is 14.4. The summed E-state index contributed by atoms with van der Waals surface area (Å²) in [7, 11) is 0. The molecule has 1 N–H and O–H groups in total. The van der Waals surface area contributed by atoms with Crippen LogP contribution in [0.5, 0.6) is 0 Å². The highest BCUT2D eigenvalue weighted by Crippen LogP contribution is 2.31. The largest absolute Gasteiger partial charge is 0.481 e. The number of hydrogen-bond donors (Lipinski definition) is 1. The number of carbonyl (C=O) groups excluding carboxylic acids is 1. The fraction of sp³-hybridized carbons (Fsp3) is 0.500. The molecular formula is C16H20N2O5S. The third-order valence-corrected chi connectivity index (χ3v) is 4.91. The molecule has 1 amide bonds. The number of amides is 1. The quantitative estimate of drug-likeness (QED) is 0.496. The maximum Gasteiger partial charge on any atom is 0.308 e. The Hall–Kier alpha value is -2.09. The molecule has 0 aliphatic carbocycles. The van der Waals surface area contributed by atoms with Crippen molar-refractivity contribution in [2.75, 3.05) is 13.1 Å². The molecule has 8 heteroatoms. The van der Waals surface area contributed by atoms with E-state index in [1.54, 1.807) is 6.07 Å². The van der Waals surface area contributed by atoms with E-state index in [0.717, 1.165) is 0 Å². The maximum atomic E-state index is 12.8. The van der Waals surface area contributed by atoms with E-state index in [2.05, 4.69) is 0 Å². The van der Waals surface area contributed by atoms with Crippen molar-refractivity contribution in [3.05, 3.63) is 33.9 Å². The van der Waals surface area contributed by atoms with Gasteiger partial charge in [0.05, 0.1) is 16.4 Å². The van der Waals surface area contributed by atoms with Crippen LogP contribution in [0.25, 0.3) is 0 Å². The summed E-state index contributed by atoms with van der Waals surface area (Å²) < 4.78 is 0. The van der Waals surface area contributed by atoms with Gasteiger partial charge in [-0.3, -0.25) is 19.7 Å². The standard InChI is InChI=1S/C16H20N2O5S/c1-10(2)24-14-6-5-12(18(22)23)8-13(14)15(19)17-7-3-4-11(9-17)16(20)21/h5-6,8,10-11H,3-4,7,9H2,1-2H3,(H,20,21)/t11-/m0/s1. The summed E-state index contributed by atoms with van der Waals surface area (Å²) in [6, 6.07) is 4.27. The van der Waals surface area contributed by atoms with Crippen LogP contribution in [0, 0.1) is 16.0 Å². The number of aliphatic carboxylic acids is 1. The van der Waals surface area contributed by atoms with Crippen molar-refractivity contribution in [1.29, 1.82) is 0 Å². The molecule has 130 valence electrons. The van der Waals surface area contributed by atoms with Crippen LogP contribution in [-0.4, -0.2) is 45.1 Å². The molecule has 0 radical (unpaired) electrons. The predicted molar refractivity (Wildman–Crippen MR) is 90.4 cm³/mol. The van der Waals surface area contributed by atoms with E-state index in [-0.39, 0.29) is 29.0 Å². The van der Waals surface area contributed by atoms with Crippen LogP contribution in [0.3, 0.4) is 0 Å². The number of piperidine rings is 1. The number of nitrogens with zero attached hydrogens (tertiary/aromatic N) is 2. The Morgan fingerprint density at radius 1 is 1.42 bits per heavy atom. The van der Waals surface area contributed by atoms with Gasteiger partial charge in [0.15, 0.2) is 0 Å². The molecule has 1 aromatic rings. The Morgan fingerprint density at radius 2 is 2.12 bits per heavy atom. The van der Waals surface area contributed by atoms with Gasteiger partial charge in [-0.15, -0.1) is 11.8 Å². The Kier molecular flexibility index (Phi) is 5.82. The molecule has 0 aromatic heterocycles. The molecular weight excluding hydrogens is 332 g/mol. The zero-order valence-electron chi connectivity index (χ0n) is 13.6. The number of carboxylic acids is 1. The number of rotatable bonds is 5. The van der Waals surface area contributed by atoms with Gasteiger partial charge in [0, 0.05) is 35.4 Å². The summed E-state index contributed by atoms with van der Waals surface area (Å²) in [5, 5.41) is 20.4. The van der Waals surface area contributed by atoms with Crippen LogP contribution in [0.1, 0.15) is 37.0 Å². The Balaban J connectivity index is 2.33. The topological polar surface area (TPSA) is 101 Å². The van der Waals surface area contributed by atoms with Gasteiger partial charge in [-0.05, 0) is 18.9 Å². The second-order valence-corrected chi connectivity index (χ2v) is 7.65. The minimum absolute atomic E-state index is 0.141. The van der Waals surface area contributed by atoms with Crippen LogP contribution in [0.2, 0.25) is 0 Å². The lowest BCUT2D eigenvalue weighted by atomic mass is 9.97. The van der Waals surface area contributed by atoms with Gasteiger partial charge in [0.2, 0.25) is 0 Å². The average molecular weight is 352 g/mol. The lowest BCUT2D eigenvalue weighted by molar-refractivity contribution is -0.384. The number of likely N-dealkylation sites (tertiary alicyclic amines) is 1. The smallest absolute Gasteiger partial charge is 0.308 e. The highest BCUT2D eigenvalue weighted by atomic mass is 32.2. The molecule has 2 rings (SSSR count). The monoisotopic (exact) mass is 352 g/mol. The molecule has 24 heavy (non-hydrogen) atoms. The number of non-ortho nitro benzene ring substituents is 1. The summed E-state index contributed by atoms with van der Waals surface area (Å²) in [4.78, 5) is 36.7. The molecule has 1 saturated heterocycles. The van der Waals surface area contributed by atoms with Gasteiger partial charge >= 0.3 is 5.97 Å². The van der Waals surface area contributed by atoms with Gasteiger partial charge < -0.3 is 10.0 Å². The SMILES string of the molecule is CC(C)Sc1ccc([N+](=O)[O-])cc1C(=O)N1CCC[C@H](C(=O)O)C1. The number of benzene rings is 1. The minimum Gasteiger partial charge on any atom is -0.481 e. The van der Waals surface area contributed by atoms with Crippen molar-refractivity contribution < 1.29 is 19.6 Å². The van der Waals surface area contributed by atoms with E-state index in [0.29, 0.717) is 24.3 Å². The number of thioether (sulfide) groups is 1. The minimum atomic E-state index is -0.914. The summed E-state index contributed by atoms with van der Waals surface area (Å²) in [6.07, 6.45) is 1.16. The third kappa shape index (κ3) is 4.25. The van der Waals surface area contributed by atoms with Crippen LogP contribution in [-0.2, 0) is 4.79 Å². The van der Waals surface area contributed by atoms with Crippen LogP contribution in [0.15, 0.2) is 23.1 Å². The highest BCUT2D eigenvalue weighted by molar-refractivity contribution is 8.00. The molecule has 0 spiro atoms. The van der Waals surface area contributed by atoms with Crippen molar-refractivity contribution >= 4 is 29.3 Å². The van der Waals surface area contributed by atoms with Gasteiger partial charge in [-0.25, -0.2) is 0 Å². The first kappa shape index (κ1) is 18.3. The summed E-state index contributed by atoms with van der Waals surface area (Å²) >= 11 is 1.46. The third-order valence-electron chi connectivity index (χ3n) is 3.82. The van der Waals surface area contributed by atoms with Crippen molar-refractivity contribution in [1.82, 2.24) is 4.90 Å². The normalized spacial score (nSPS) is 17.8. The van der Waals surface area contributed by atoms with E-state index in [1.165, 1.54) is 28.8 Å². The first-order valence-corrected chi connectivity index (χ1v) is 8.64. The molecule has 0 unspecified atom stereocenters. The van der Waals surface area contributed by atoms with Crippen molar-refractivity contribution in [3.8, 4) is 0 Å². The summed E-state index contributed by atoms with van der Waals surface area (Å²) in [5.74, 6) is -1.83. The first-order valence-electron chi connectivity index (χ1n) is 7.76. The van der Waals surface area contributed by atoms with E-state index in [9.17, 15) is 19.7 Å². The van der Waals surface area contributed by atoms with E-state index in [4.69, 9.17) is 5.11 Å². The molecule has 1 aliphatic rings. The molecule has 1 heterocycles. The number of nitro benzene ring substituents is 1. The summed E-state index contributed by atoms with van der Waals surface area (Å²) in [6.45, 7) is 4.56. The lowest BCUT2D eigenvalue weighted by Gasteiger charge is -2.31. The van der Waals surface area contributed by atoms with Crippen molar-refractivity contribution in [2.24, 2.45) is 5.92 Å². The fourth-order valence-corrected chi connectivity index (χ4v) is 3.62. The van der Waals surface area contributed by atoms with Gasteiger partial charge in [-0.1, -0.05) is 13.8 Å². The number of carboxylic acid groups (broad SMARTS) is 1. The second-order valence-electron chi connectivity index (χ2n) is 6.03. The first-order chi connectivity index (χ1) is 11.3. The maximum absolute atomic E-state index is 12.8. The molecule has 1 aromatic carbocycles. The van der Waals surface area contributed by atoms with Crippen LogP contribution < -0.4 is 0 Å². The van der Waals surface area contributed by atoms with E-state index in [1.807, 2.05) is 13.8 Å². The number of nitro groups is 1. The van der Waals surface area contributed by atoms with Crippen LogP contribution in [0.4, 0.5) is 5.69 Å². The van der Waals surface area contributed by atoms with Gasteiger partial charge in [0.1, 0.15) is 0 Å². The number of hydrogen-bond acceptors (Lipinski definition) is 5. The molecule has 7 nitrogen and oxygen atoms in total. The average Bonchev–Trinajstić information content (AvgIpc) is 2.54. The van der Waals surface area contributed by atoms with Gasteiger partial charge in [-0.2, -0.15) is 0 Å².